The zero-order chi connectivity index (χ0) is 20.7. The molecule has 0 unspecified atom stereocenters. The molecule has 0 saturated heterocycles. The Morgan fingerprint density at radius 3 is 2.68 bits per heavy atom. The number of rotatable bonds is 8. The summed E-state index contributed by atoms with van der Waals surface area (Å²) in [5.41, 5.74) is 5.89. The number of carbonyl (C=O) groups excluding carboxylic acids is 2. The van der Waals surface area contributed by atoms with Gasteiger partial charge in [0.2, 0.25) is 0 Å². The highest BCUT2D eigenvalue weighted by atomic mass is 16.5. The third kappa shape index (κ3) is 4.86. The van der Waals surface area contributed by atoms with Crippen molar-refractivity contribution in [2.24, 2.45) is 5.73 Å². The zero-order valence-electron chi connectivity index (χ0n) is 15.7. The average molecular weight is 386 g/mol. The second-order valence-electron chi connectivity index (χ2n) is 5.92. The Bertz CT molecular complexity index is 959. The highest BCUT2D eigenvalue weighted by Crippen LogP contribution is 2.21. The van der Waals surface area contributed by atoms with Crippen molar-refractivity contribution in [3.8, 4) is 6.07 Å². The monoisotopic (exact) mass is 386 g/mol. The summed E-state index contributed by atoms with van der Waals surface area (Å²) in [5, 5.41) is 11.4. The van der Waals surface area contributed by atoms with Gasteiger partial charge in [0.1, 0.15) is 23.3 Å². The van der Waals surface area contributed by atoms with E-state index >= 15 is 0 Å². The third-order valence-corrected chi connectivity index (χ3v) is 4.16. The van der Waals surface area contributed by atoms with E-state index in [0.29, 0.717) is 11.0 Å². The normalized spacial score (nSPS) is 11.5. The van der Waals surface area contributed by atoms with Crippen LogP contribution in [-0.4, -0.2) is 44.2 Å². The molecule has 0 bridgehead atoms. The number of hydrogen-bond donors (Lipinski definition) is 2. The number of fused-ring (bicyclic) bond motifs is 1. The van der Waals surface area contributed by atoms with Gasteiger partial charge in [-0.3, -0.25) is 9.59 Å². The predicted octanol–water partition coefficient (Wildman–Crippen LogP) is 0.763. The number of anilines is 1. The first-order chi connectivity index (χ1) is 13.4. The highest BCUT2D eigenvalue weighted by Gasteiger charge is 2.19. The fourth-order valence-electron chi connectivity index (χ4n) is 2.64. The molecule has 9 nitrogen and oxygen atoms in total. The minimum absolute atomic E-state index is 0.194. The van der Waals surface area contributed by atoms with Gasteiger partial charge in [-0.2, -0.15) is 5.26 Å². The lowest BCUT2D eigenvalue weighted by molar-refractivity contribution is -0.143. The van der Waals surface area contributed by atoms with Crippen LogP contribution in [-0.2, 0) is 9.53 Å². The lowest BCUT2D eigenvalue weighted by atomic mass is 10.1. The molecule has 0 aliphatic heterocycles. The summed E-state index contributed by atoms with van der Waals surface area (Å²) < 4.78 is 9.86. The first kappa shape index (κ1) is 20.9. The van der Waals surface area contributed by atoms with Crippen LogP contribution in [0.5, 0.6) is 0 Å². The van der Waals surface area contributed by atoms with Gasteiger partial charge in [0.15, 0.2) is 6.61 Å². The Morgan fingerprint density at radius 2 is 2.04 bits per heavy atom. The number of carbonyl (C=O) groups is 2. The van der Waals surface area contributed by atoms with Crippen molar-refractivity contribution < 1.29 is 18.7 Å². The van der Waals surface area contributed by atoms with Crippen LogP contribution in [0.25, 0.3) is 11.0 Å². The van der Waals surface area contributed by atoms with Crippen molar-refractivity contribution in [1.29, 1.82) is 5.26 Å². The van der Waals surface area contributed by atoms with Crippen molar-refractivity contribution in [2.75, 3.05) is 31.1 Å². The topological polar surface area (TPSA) is 139 Å². The van der Waals surface area contributed by atoms with Crippen molar-refractivity contribution in [2.45, 2.75) is 19.9 Å². The molecule has 1 aromatic carbocycles. The zero-order valence-corrected chi connectivity index (χ0v) is 15.7. The number of benzene rings is 1. The summed E-state index contributed by atoms with van der Waals surface area (Å²) in [5.74, 6) is -1.54. The number of nitrogens with two attached hydrogens (primary N) is 1. The van der Waals surface area contributed by atoms with E-state index in [1.165, 1.54) is 6.07 Å². The largest absolute Gasteiger partial charge is 0.449 e. The molecule has 0 radical (unpaired) electrons. The van der Waals surface area contributed by atoms with Gasteiger partial charge in [-0.25, -0.2) is 4.79 Å². The summed E-state index contributed by atoms with van der Waals surface area (Å²) in [4.78, 5) is 38.1. The van der Waals surface area contributed by atoms with E-state index in [2.05, 4.69) is 15.0 Å². The average Bonchev–Trinajstić information content (AvgIpc) is 2.70. The second-order valence-corrected chi connectivity index (χ2v) is 5.92. The number of nitriles is 1. The Hall–Kier alpha value is -3.38. The van der Waals surface area contributed by atoms with Gasteiger partial charge < -0.3 is 25.1 Å². The number of hydrogen-bond acceptors (Lipinski definition) is 8. The van der Waals surface area contributed by atoms with E-state index in [9.17, 15) is 14.4 Å². The molecule has 3 N–H and O–H groups in total. The lowest BCUT2D eigenvalue weighted by Gasteiger charge is -2.21. The predicted molar refractivity (Wildman–Crippen MR) is 103 cm³/mol. The van der Waals surface area contributed by atoms with Crippen molar-refractivity contribution in [3.05, 3.63) is 40.2 Å². The van der Waals surface area contributed by atoms with Gasteiger partial charge in [-0.05, 0) is 32.0 Å². The molecular weight excluding hydrogens is 364 g/mol. The van der Waals surface area contributed by atoms with Gasteiger partial charge in [-0.15, -0.1) is 0 Å². The molecule has 1 heterocycles. The molecule has 0 fully saturated rings. The van der Waals surface area contributed by atoms with Crippen LogP contribution in [0.1, 0.15) is 24.2 Å². The molecule has 0 aliphatic rings. The van der Waals surface area contributed by atoms with Crippen molar-refractivity contribution in [1.82, 2.24) is 5.32 Å². The van der Waals surface area contributed by atoms with Gasteiger partial charge in [-0.1, -0.05) is 0 Å². The Morgan fingerprint density at radius 1 is 1.32 bits per heavy atom. The van der Waals surface area contributed by atoms with E-state index < -0.39 is 30.2 Å². The lowest BCUT2D eigenvalue weighted by Crippen LogP contribution is -2.44. The molecule has 0 spiro atoms. The SMILES string of the molecule is CCN(CC)c1ccc2cc(C(=O)NC[C@@H](N)C(=O)OCC#N)c(=O)oc2c1. The molecule has 1 atom stereocenters. The number of nitrogens with zero attached hydrogens (tertiary/aromatic N) is 2. The van der Waals surface area contributed by atoms with Crippen LogP contribution in [0.4, 0.5) is 5.69 Å². The Balaban J connectivity index is 2.16. The van der Waals surface area contributed by atoms with Crippen LogP contribution < -0.4 is 21.6 Å². The second kappa shape index (κ2) is 9.53. The van der Waals surface area contributed by atoms with Crippen LogP contribution in [0.3, 0.4) is 0 Å². The van der Waals surface area contributed by atoms with E-state index in [1.54, 1.807) is 18.2 Å². The quantitative estimate of drug-likeness (QED) is 0.501. The van der Waals surface area contributed by atoms with Crippen LogP contribution >= 0.6 is 0 Å². The molecule has 1 aromatic heterocycles. The Labute approximate surface area is 161 Å². The van der Waals surface area contributed by atoms with E-state index in [1.807, 2.05) is 19.9 Å². The molecule has 2 aromatic rings. The minimum Gasteiger partial charge on any atom is -0.449 e. The highest BCUT2D eigenvalue weighted by molar-refractivity contribution is 5.97. The molecule has 1 amide bonds. The van der Waals surface area contributed by atoms with E-state index in [0.717, 1.165) is 18.8 Å². The maximum Gasteiger partial charge on any atom is 0.349 e. The maximum atomic E-state index is 12.3. The smallest absolute Gasteiger partial charge is 0.349 e. The Kier molecular flexibility index (Phi) is 7.12. The fraction of sp³-hybridized carbons (Fsp3) is 0.368. The first-order valence-electron chi connectivity index (χ1n) is 8.81. The van der Waals surface area contributed by atoms with Crippen LogP contribution in [0.2, 0.25) is 0 Å². The van der Waals surface area contributed by atoms with Crippen LogP contribution in [0.15, 0.2) is 33.5 Å². The number of ether oxygens (including phenoxy) is 1. The molecule has 9 heteroatoms. The number of amides is 1. The summed E-state index contributed by atoms with van der Waals surface area (Å²) in [7, 11) is 0. The summed E-state index contributed by atoms with van der Waals surface area (Å²) in [6.45, 7) is 5.00. The third-order valence-electron chi connectivity index (χ3n) is 4.16. The molecule has 2 rings (SSSR count). The minimum atomic E-state index is -1.15. The van der Waals surface area contributed by atoms with Gasteiger partial charge in [0.05, 0.1) is 0 Å². The fourth-order valence-corrected chi connectivity index (χ4v) is 2.64. The van der Waals surface area contributed by atoms with Crippen molar-refractivity contribution >= 4 is 28.5 Å². The molecular formula is C19H22N4O5. The molecule has 0 saturated carbocycles. The summed E-state index contributed by atoms with van der Waals surface area (Å²) in [6, 6.07) is 7.34. The standard InChI is InChI=1S/C19H22N4O5/c1-3-23(4-2)13-6-5-12-9-14(18(25)28-16(12)10-13)17(24)22-11-15(21)19(26)27-8-7-20/h5-6,9-10,15H,3-4,8,11,21H2,1-2H3,(H,22,24)/t15-/m1/s1. The maximum absolute atomic E-state index is 12.3. The van der Waals surface area contributed by atoms with Gasteiger partial charge in [0.25, 0.3) is 5.91 Å². The van der Waals surface area contributed by atoms with Gasteiger partial charge >= 0.3 is 11.6 Å². The van der Waals surface area contributed by atoms with Gasteiger partial charge in [0, 0.05) is 36.8 Å². The van der Waals surface area contributed by atoms with E-state index in [4.69, 9.17) is 15.4 Å². The van der Waals surface area contributed by atoms with E-state index in [-0.39, 0.29) is 12.1 Å². The number of nitrogens with one attached hydrogen (secondary N) is 1. The number of esters is 1. The first-order valence-corrected chi connectivity index (χ1v) is 8.81. The summed E-state index contributed by atoms with van der Waals surface area (Å²) in [6.07, 6.45) is 0. The molecule has 148 valence electrons. The van der Waals surface area contributed by atoms with Crippen molar-refractivity contribution in [3.63, 3.8) is 0 Å². The molecule has 0 aliphatic carbocycles. The van der Waals surface area contributed by atoms with Crippen LogP contribution in [0, 0.1) is 11.3 Å². The summed E-state index contributed by atoms with van der Waals surface area (Å²) >= 11 is 0. The molecule has 28 heavy (non-hydrogen) atoms.